The van der Waals surface area contributed by atoms with E-state index >= 15 is 0 Å². The van der Waals surface area contributed by atoms with Crippen LogP contribution < -0.4 is 10.6 Å². The van der Waals surface area contributed by atoms with Crippen LogP contribution in [0.5, 0.6) is 0 Å². The van der Waals surface area contributed by atoms with Gasteiger partial charge in [-0.05, 0) is 24.7 Å². The second kappa shape index (κ2) is 6.84. The van der Waals surface area contributed by atoms with Crippen LogP contribution in [0.15, 0.2) is 0 Å². The minimum absolute atomic E-state index is 0.173. The van der Waals surface area contributed by atoms with Gasteiger partial charge in [0.15, 0.2) is 0 Å². The molecular formula is C12H21ClN2O2. The van der Waals surface area contributed by atoms with Crippen LogP contribution in [-0.4, -0.2) is 23.9 Å². The summed E-state index contributed by atoms with van der Waals surface area (Å²) in [5.74, 6) is 0.400. The van der Waals surface area contributed by atoms with Crippen molar-refractivity contribution < 1.29 is 9.59 Å². The van der Waals surface area contributed by atoms with Gasteiger partial charge in [0, 0.05) is 6.04 Å². The number of rotatable bonds is 3. The number of nitrogens with one attached hydrogen (secondary N) is 2. The fourth-order valence-corrected chi connectivity index (χ4v) is 2.57. The van der Waals surface area contributed by atoms with E-state index in [1.807, 2.05) is 0 Å². The predicted octanol–water partition coefficient (Wildman–Crippen LogP) is 2.27. The monoisotopic (exact) mass is 260 g/mol. The summed E-state index contributed by atoms with van der Waals surface area (Å²) in [7, 11) is 0. The maximum atomic E-state index is 11.5. The molecule has 1 aliphatic rings. The molecule has 0 bridgehead atoms. The van der Waals surface area contributed by atoms with Gasteiger partial charge < -0.3 is 5.32 Å². The van der Waals surface area contributed by atoms with Gasteiger partial charge in [-0.3, -0.25) is 10.1 Å². The third-order valence-corrected chi connectivity index (χ3v) is 3.61. The molecule has 17 heavy (non-hydrogen) atoms. The summed E-state index contributed by atoms with van der Waals surface area (Å²) in [5.41, 5.74) is 0. The van der Waals surface area contributed by atoms with Crippen LogP contribution in [0.2, 0.25) is 0 Å². The van der Waals surface area contributed by atoms with Crippen LogP contribution in [0.1, 0.15) is 39.5 Å². The van der Waals surface area contributed by atoms with Gasteiger partial charge in [-0.1, -0.05) is 26.7 Å². The van der Waals surface area contributed by atoms with E-state index in [9.17, 15) is 9.59 Å². The van der Waals surface area contributed by atoms with Crippen LogP contribution in [0.4, 0.5) is 4.79 Å². The molecule has 1 rings (SSSR count). The fraction of sp³-hybridized carbons (Fsp3) is 0.833. The highest BCUT2D eigenvalue weighted by molar-refractivity contribution is 6.28. The lowest BCUT2D eigenvalue weighted by Gasteiger charge is -2.34. The molecule has 0 aromatic heterocycles. The largest absolute Gasteiger partial charge is 0.335 e. The van der Waals surface area contributed by atoms with Gasteiger partial charge >= 0.3 is 6.03 Å². The maximum absolute atomic E-state index is 11.5. The zero-order valence-corrected chi connectivity index (χ0v) is 11.2. The molecular weight excluding hydrogens is 240 g/mol. The average molecular weight is 261 g/mol. The Hall–Kier alpha value is -0.770. The topological polar surface area (TPSA) is 58.2 Å². The van der Waals surface area contributed by atoms with Crippen molar-refractivity contribution in [1.82, 2.24) is 10.6 Å². The molecule has 2 unspecified atom stereocenters. The molecule has 1 saturated carbocycles. The highest BCUT2D eigenvalue weighted by atomic mass is 35.5. The van der Waals surface area contributed by atoms with E-state index in [1.54, 1.807) is 0 Å². The summed E-state index contributed by atoms with van der Waals surface area (Å²) in [6.07, 6.45) is 4.50. The van der Waals surface area contributed by atoms with Crippen molar-refractivity contribution >= 4 is 23.5 Å². The van der Waals surface area contributed by atoms with Crippen LogP contribution in [0.3, 0.4) is 0 Å². The molecule has 98 valence electrons. The standard InChI is InChI=1S/C12H21ClN2O2/c1-8(2)9-5-3-4-6-10(9)14-12(17)15-11(16)7-13/h8-10H,3-7H2,1-2H3,(H2,14,15,16,17). The van der Waals surface area contributed by atoms with Crippen LogP contribution >= 0.6 is 11.6 Å². The smallest absolute Gasteiger partial charge is 0.321 e. The first-order valence-corrected chi connectivity index (χ1v) is 6.74. The number of amides is 3. The zero-order valence-electron chi connectivity index (χ0n) is 10.5. The van der Waals surface area contributed by atoms with E-state index < -0.39 is 11.9 Å². The molecule has 2 atom stereocenters. The number of halogens is 1. The van der Waals surface area contributed by atoms with Crippen molar-refractivity contribution in [3.8, 4) is 0 Å². The Morgan fingerprint density at radius 1 is 1.29 bits per heavy atom. The molecule has 3 amide bonds. The van der Waals surface area contributed by atoms with Gasteiger partial charge in [-0.25, -0.2) is 4.79 Å². The quantitative estimate of drug-likeness (QED) is 0.765. The highest BCUT2D eigenvalue weighted by Crippen LogP contribution is 2.30. The number of hydrogen-bond acceptors (Lipinski definition) is 2. The van der Waals surface area contributed by atoms with Crippen molar-refractivity contribution in [3.05, 3.63) is 0 Å². The molecule has 0 aromatic carbocycles. The molecule has 0 aliphatic heterocycles. The van der Waals surface area contributed by atoms with Crippen molar-refractivity contribution in [3.63, 3.8) is 0 Å². The van der Waals surface area contributed by atoms with Gasteiger partial charge in [0.25, 0.3) is 0 Å². The first kappa shape index (κ1) is 14.3. The van der Waals surface area contributed by atoms with E-state index in [0.717, 1.165) is 19.3 Å². The number of carbonyl (C=O) groups is 2. The average Bonchev–Trinajstić information content (AvgIpc) is 2.29. The lowest BCUT2D eigenvalue weighted by Crippen LogP contribution is -2.49. The summed E-state index contributed by atoms with van der Waals surface area (Å²) >= 11 is 5.33. The van der Waals surface area contributed by atoms with Crippen molar-refractivity contribution in [2.75, 3.05) is 5.88 Å². The Labute approximate surface area is 107 Å². The molecule has 1 fully saturated rings. The number of imide groups is 1. The first-order chi connectivity index (χ1) is 8.04. The summed E-state index contributed by atoms with van der Waals surface area (Å²) in [6.45, 7) is 4.35. The Kier molecular flexibility index (Phi) is 5.75. The number of carbonyl (C=O) groups excluding carboxylic acids is 2. The van der Waals surface area contributed by atoms with Crippen molar-refractivity contribution in [2.24, 2.45) is 11.8 Å². The summed E-state index contributed by atoms with van der Waals surface area (Å²) in [4.78, 5) is 22.5. The van der Waals surface area contributed by atoms with E-state index in [2.05, 4.69) is 24.5 Å². The number of urea groups is 1. The third kappa shape index (κ3) is 4.54. The highest BCUT2D eigenvalue weighted by Gasteiger charge is 2.28. The SMILES string of the molecule is CC(C)C1CCCCC1NC(=O)NC(=O)CCl. The summed E-state index contributed by atoms with van der Waals surface area (Å²) < 4.78 is 0. The van der Waals surface area contributed by atoms with Crippen molar-refractivity contribution in [2.45, 2.75) is 45.6 Å². The Morgan fingerprint density at radius 2 is 1.94 bits per heavy atom. The molecule has 0 saturated heterocycles. The van der Waals surface area contributed by atoms with Crippen LogP contribution in [0, 0.1) is 11.8 Å². The van der Waals surface area contributed by atoms with Gasteiger partial charge in [-0.15, -0.1) is 11.6 Å². The summed E-state index contributed by atoms with van der Waals surface area (Å²) in [6, 6.07) is -0.250. The molecule has 5 heteroatoms. The molecule has 2 N–H and O–H groups in total. The van der Waals surface area contributed by atoms with Crippen molar-refractivity contribution in [1.29, 1.82) is 0 Å². The van der Waals surface area contributed by atoms with Crippen LogP contribution in [0.25, 0.3) is 0 Å². The zero-order chi connectivity index (χ0) is 12.8. The fourth-order valence-electron chi connectivity index (χ4n) is 2.50. The van der Waals surface area contributed by atoms with Gasteiger partial charge in [0.2, 0.25) is 5.91 Å². The molecule has 0 spiro atoms. The molecule has 0 heterocycles. The molecule has 0 radical (unpaired) electrons. The minimum atomic E-state index is -0.457. The van der Waals surface area contributed by atoms with Gasteiger partial charge in [0.05, 0.1) is 0 Å². The van der Waals surface area contributed by atoms with E-state index in [1.165, 1.54) is 6.42 Å². The third-order valence-electron chi connectivity index (χ3n) is 3.37. The Bertz CT molecular complexity index is 282. The second-order valence-corrected chi connectivity index (χ2v) is 5.22. The molecule has 1 aliphatic carbocycles. The molecule has 0 aromatic rings. The normalized spacial score (nSPS) is 24.5. The van der Waals surface area contributed by atoms with Gasteiger partial charge in [-0.2, -0.15) is 0 Å². The first-order valence-electron chi connectivity index (χ1n) is 6.21. The lowest BCUT2D eigenvalue weighted by atomic mass is 9.78. The van der Waals surface area contributed by atoms with E-state index in [4.69, 9.17) is 11.6 Å². The predicted molar refractivity (Wildman–Crippen MR) is 68.0 cm³/mol. The van der Waals surface area contributed by atoms with Crippen LogP contribution in [-0.2, 0) is 4.79 Å². The molecule has 4 nitrogen and oxygen atoms in total. The lowest BCUT2D eigenvalue weighted by molar-refractivity contribution is -0.117. The summed E-state index contributed by atoms with van der Waals surface area (Å²) in [5, 5.41) is 5.10. The Morgan fingerprint density at radius 3 is 2.53 bits per heavy atom. The van der Waals surface area contributed by atoms with E-state index in [-0.39, 0.29) is 11.9 Å². The number of alkyl halides is 1. The second-order valence-electron chi connectivity index (χ2n) is 4.95. The maximum Gasteiger partial charge on any atom is 0.321 e. The number of hydrogen-bond donors (Lipinski definition) is 2. The minimum Gasteiger partial charge on any atom is -0.335 e. The van der Waals surface area contributed by atoms with Gasteiger partial charge in [0.1, 0.15) is 5.88 Å². The Balaban J connectivity index is 2.47. The van der Waals surface area contributed by atoms with E-state index in [0.29, 0.717) is 11.8 Å².